The maximum Gasteiger partial charge on any atom is 0.284 e. The molecule has 0 N–H and O–H groups in total. The smallest absolute Gasteiger partial charge is 0.284 e. The van der Waals surface area contributed by atoms with E-state index in [0.29, 0.717) is 32.3 Å². The predicted octanol–water partition coefficient (Wildman–Crippen LogP) is 4.66. The van der Waals surface area contributed by atoms with Gasteiger partial charge in [-0.15, -0.1) is 11.3 Å². The number of benzene rings is 2. The van der Waals surface area contributed by atoms with Gasteiger partial charge in [0, 0.05) is 16.3 Å². The number of methoxy groups -OCH3 is 1. The van der Waals surface area contributed by atoms with Crippen molar-refractivity contribution in [1.29, 1.82) is 0 Å². The molecule has 0 fully saturated rings. The summed E-state index contributed by atoms with van der Waals surface area (Å²) in [5.74, 6) is 1.73. The third-order valence-electron chi connectivity index (χ3n) is 3.41. The van der Waals surface area contributed by atoms with Gasteiger partial charge in [0.05, 0.1) is 18.6 Å². The number of thiophene rings is 1. The van der Waals surface area contributed by atoms with Crippen LogP contribution in [0, 0.1) is 6.57 Å². The van der Waals surface area contributed by atoms with E-state index >= 15 is 0 Å². The van der Waals surface area contributed by atoms with Crippen LogP contribution in [0.1, 0.15) is 0 Å². The summed E-state index contributed by atoms with van der Waals surface area (Å²) in [6.45, 7) is 7.34. The fourth-order valence-corrected chi connectivity index (χ4v) is 3.88. The topological polar surface area (TPSA) is 57.0 Å². The van der Waals surface area contributed by atoms with Crippen molar-refractivity contribution in [3.8, 4) is 17.2 Å². The lowest BCUT2D eigenvalue weighted by molar-refractivity contribution is 0.413. The van der Waals surface area contributed by atoms with Crippen LogP contribution in [0.15, 0.2) is 47.4 Å². The first-order valence-electron chi connectivity index (χ1n) is 6.88. The average Bonchev–Trinajstić information content (AvgIpc) is 2.92. The molecule has 3 rings (SSSR count). The fourth-order valence-electron chi connectivity index (χ4n) is 2.20. The minimum atomic E-state index is -3.30. The zero-order valence-electron chi connectivity index (χ0n) is 12.9. The summed E-state index contributed by atoms with van der Waals surface area (Å²) in [4.78, 5) is 3.72. The van der Waals surface area contributed by atoms with Gasteiger partial charge in [-0.05, 0) is 42.5 Å². The van der Waals surface area contributed by atoms with E-state index in [1.165, 1.54) is 17.4 Å². The SMILES string of the molecule is [C-]#[N+]c1sc2cc(S(C)(=O)=O)ccc2c1Oc1ccc(OC)cc1. The van der Waals surface area contributed by atoms with E-state index in [1.54, 1.807) is 43.5 Å². The van der Waals surface area contributed by atoms with Crippen LogP contribution >= 0.6 is 11.3 Å². The van der Waals surface area contributed by atoms with E-state index in [-0.39, 0.29) is 4.90 Å². The van der Waals surface area contributed by atoms with Crippen LogP contribution in [-0.4, -0.2) is 21.8 Å². The van der Waals surface area contributed by atoms with Crippen molar-refractivity contribution in [2.75, 3.05) is 13.4 Å². The van der Waals surface area contributed by atoms with E-state index < -0.39 is 9.84 Å². The summed E-state index contributed by atoms with van der Waals surface area (Å²) in [5, 5.41) is 1.10. The molecule has 5 nitrogen and oxygen atoms in total. The van der Waals surface area contributed by atoms with Crippen LogP contribution < -0.4 is 9.47 Å². The maximum atomic E-state index is 11.7. The van der Waals surface area contributed by atoms with E-state index in [9.17, 15) is 8.42 Å². The van der Waals surface area contributed by atoms with Crippen LogP contribution in [0.25, 0.3) is 14.9 Å². The Morgan fingerprint density at radius 2 is 1.75 bits per heavy atom. The van der Waals surface area contributed by atoms with Gasteiger partial charge in [-0.25, -0.2) is 13.3 Å². The third kappa shape index (κ3) is 3.07. The molecule has 0 amide bonds. The van der Waals surface area contributed by atoms with E-state index in [1.807, 2.05) is 0 Å². The summed E-state index contributed by atoms with van der Waals surface area (Å²) in [7, 11) is -1.71. The Morgan fingerprint density at radius 1 is 1.08 bits per heavy atom. The minimum Gasteiger partial charge on any atom is -0.497 e. The molecule has 0 aliphatic carbocycles. The molecule has 122 valence electrons. The molecule has 7 heteroatoms. The van der Waals surface area contributed by atoms with Crippen molar-refractivity contribution < 1.29 is 17.9 Å². The second-order valence-electron chi connectivity index (χ2n) is 5.06. The van der Waals surface area contributed by atoms with Crippen LogP contribution in [0.5, 0.6) is 17.2 Å². The summed E-state index contributed by atoms with van der Waals surface area (Å²) in [6.07, 6.45) is 1.16. The van der Waals surface area contributed by atoms with Crippen LogP contribution in [-0.2, 0) is 9.84 Å². The highest BCUT2D eigenvalue weighted by Crippen LogP contribution is 2.46. The lowest BCUT2D eigenvalue weighted by atomic mass is 10.2. The Balaban J connectivity index is 2.07. The number of hydrogen-bond acceptors (Lipinski definition) is 5. The highest BCUT2D eigenvalue weighted by Gasteiger charge is 2.17. The van der Waals surface area contributed by atoms with Crippen molar-refractivity contribution in [2.24, 2.45) is 0 Å². The minimum absolute atomic E-state index is 0.226. The number of rotatable bonds is 4. The fraction of sp³-hybridized carbons (Fsp3) is 0.118. The van der Waals surface area contributed by atoms with Crippen molar-refractivity contribution in [2.45, 2.75) is 4.90 Å². The molecule has 0 unspecified atom stereocenters. The second kappa shape index (κ2) is 6.15. The molecule has 2 aromatic carbocycles. The van der Waals surface area contributed by atoms with Gasteiger partial charge in [0.1, 0.15) is 11.5 Å². The first kappa shape index (κ1) is 16.3. The Labute approximate surface area is 143 Å². The lowest BCUT2D eigenvalue weighted by Crippen LogP contribution is -1.95. The standard InChI is InChI=1S/C17H13NO4S2/c1-18-17-16(22-12-6-4-11(21-2)5-7-12)14-9-8-13(24(3,19)20)10-15(14)23-17/h4-10H,2-3H3. The zero-order chi connectivity index (χ0) is 17.3. The molecule has 0 bridgehead atoms. The van der Waals surface area contributed by atoms with Crippen LogP contribution in [0.2, 0.25) is 0 Å². The molecule has 0 saturated carbocycles. The van der Waals surface area contributed by atoms with Gasteiger partial charge in [-0.2, -0.15) is 0 Å². The Hall–Kier alpha value is -2.56. The third-order valence-corrected chi connectivity index (χ3v) is 5.55. The summed E-state index contributed by atoms with van der Waals surface area (Å²) in [5.41, 5.74) is 0. The molecule has 0 saturated heterocycles. The van der Waals surface area contributed by atoms with Crippen molar-refractivity contribution >= 4 is 36.3 Å². The molecule has 0 atom stereocenters. The summed E-state index contributed by atoms with van der Waals surface area (Å²) in [6, 6.07) is 11.8. The van der Waals surface area contributed by atoms with E-state index in [2.05, 4.69) is 4.85 Å². The maximum absolute atomic E-state index is 11.7. The Bertz CT molecular complexity index is 1040. The molecule has 1 heterocycles. The second-order valence-corrected chi connectivity index (χ2v) is 8.10. The van der Waals surface area contributed by atoms with Gasteiger partial charge < -0.3 is 9.47 Å². The van der Waals surface area contributed by atoms with Crippen molar-refractivity contribution in [3.05, 3.63) is 53.9 Å². The molecule has 24 heavy (non-hydrogen) atoms. The van der Waals surface area contributed by atoms with Crippen LogP contribution in [0.4, 0.5) is 5.00 Å². The average molecular weight is 359 g/mol. The van der Waals surface area contributed by atoms with Gasteiger partial charge in [0.25, 0.3) is 5.00 Å². The molecule has 1 aromatic heterocycles. The normalized spacial score (nSPS) is 11.2. The Morgan fingerprint density at radius 3 is 2.33 bits per heavy atom. The zero-order valence-corrected chi connectivity index (χ0v) is 14.6. The lowest BCUT2D eigenvalue weighted by Gasteiger charge is -2.07. The van der Waals surface area contributed by atoms with Crippen molar-refractivity contribution in [3.63, 3.8) is 0 Å². The van der Waals surface area contributed by atoms with E-state index in [4.69, 9.17) is 16.0 Å². The number of hydrogen-bond donors (Lipinski definition) is 0. The number of fused-ring (bicyclic) bond motifs is 1. The van der Waals surface area contributed by atoms with Gasteiger partial charge in [-0.1, -0.05) is 0 Å². The monoisotopic (exact) mass is 359 g/mol. The summed E-state index contributed by atoms with van der Waals surface area (Å²) < 4.78 is 35.1. The van der Waals surface area contributed by atoms with Gasteiger partial charge >= 0.3 is 0 Å². The van der Waals surface area contributed by atoms with Gasteiger partial charge in [0.15, 0.2) is 15.6 Å². The quantitative estimate of drug-likeness (QED) is 0.636. The highest BCUT2D eigenvalue weighted by molar-refractivity contribution is 7.90. The number of ether oxygens (including phenoxy) is 2. The first-order chi connectivity index (χ1) is 11.4. The van der Waals surface area contributed by atoms with Crippen molar-refractivity contribution in [1.82, 2.24) is 0 Å². The molecule has 3 aromatic rings. The largest absolute Gasteiger partial charge is 0.497 e. The molecule has 0 aliphatic heterocycles. The molecular formula is C17H13NO4S2. The molecule has 0 radical (unpaired) electrons. The Kier molecular flexibility index (Phi) is 4.18. The highest BCUT2D eigenvalue weighted by atomic mass is 32.2. The van der Waals surface area contributed by atoms with Gasteiger partial charge in [-0.3, -0.25) is 0 Å². The number of sulfone groups is 1. The van der Waals surface area contributed by atoms with E-state index in [0.717, 1.165) is 6.26 Å². The van der Waals surface area contributed by atoms with Gasteiger partial charge in [0.2, 0.25) is 0 Å². The molecule has 0 aliphatic rings. The summed E-state index contributed by atoms with van der Waals surface area (Å²) >= 11 is 1.21. The molecule has 0 spiro atoms. The predicted molar refractivity (Wildman–Crippen MR) is 94.3 cm³/mol. The molecular weight excluding hydrogens is 346 g/mol. The number of nitrogens with zero attached hydrogens (tertiary/aromatic N) is 1. The first-order valence-corrected chi connectivity index (χ1v) is 9.59. The van der Waals surface area contributed by atoms with Crippen LogP contribution in [0.3, 0.4) is 0 Å².